The molecule has 3 atom stereocenters. The molecule has 2 unspecified atom stereocenters. The number of carbonyl (C=O) groups is 4. The van der Waals surface area contributed by atoms with E-state index in [-0.39, 0.29) is 29.8 Å². The molecule has 0 aliphatic carbocycles. The van der Waals surface area contributed by atoms with Gasteiger partial charge in [0.15, 0.2) is 5.78 Å². The molecule has 11 heteroatoms. The van der Waals surface area contributed by atoms with E-state index >= 15 is 0 Å². The number of fused-ring (bicyclic) bond motifs is 1. The van der Waals surface area contributed by atoms with E-state index in [1.807, 2.05) is 74.5 Å². The zero-order valence-corrected chi connectivity index (χ0v) is 24.3. The van der Waals surface area contributed by atoms with Crippen LogP contribution < -0.4 is 10.6 Å². The maximum Gasteiger partial charge on any atom is 0.305 e. The highest BCUT2D eigenvalue weighted by Gasteiger charge is 2.49. The lowest BCUT2D eigenvalue weighted by Gasteiger charge is -2.28. The van der Waals surface area contributed by atoms with E-state index in [0.29, 0.717) is 11.2 Å². The number of alkyl halides is 1. The fraction of sp³-hybridized carbons (Fsp3) is 0.333. The van der Waals surface area contributed by atoms with Crippen molar-refractivity contribution < 1.29 is 29.1 Å². The van der Waals surface area contributed by atoms with E-state index in [4.69, 9.17) is 4.84 Å². The number of carboxylic acids is 1. The Morgan fingerprint density at radius 3 is 2.39 bits per heavy atom. The van der Waals surface area contributed by atoms with Gasteiger partial charge in [-0.05, 0) is 23.6 Å². The average Bonchev–Trinajstić information content (AvgIpc) is 3.39. The van der Waals surface area contributed by atoms with Crippen LogP contribution in [0.1, 0.15) is 42.7 Å². The number of halogens is 1. The molecule has 0 radical (unpaired) electrons. The predicted molar refractivity (Wildman–Crippen MR) is 157 cm³/mol. The maximum absolute atomic E-state index is 13.7. The van der Waals surface area contributed by atoms with Crippen LogP contribution >= 0.6 is 15.9 Å². The Labute approximate surface area is 245 Å². The normalized spacial score (nSPS) is 17.8. The van der Waals surface area contributed by atoms with Crippen LogP contribution in [0.2, 0.25) is 0 Å². The summed E-state index contributed by atoms with van der Waals surface area (Å²) in [5.74, 6) is -2.88. The zero-order valence-electron chi connectivity index (χ0n) is 22.7. The summed E-state index contributed by atoms with van der Waals surface area (Å²) in [5.41, 5.74) is 0.606. The number of hydrogen-bond acceptors (Lipinski definition) is 7. The van der Waals surface area contributed by atoms with Crippen LogP contribution in [-0.4, -0.2) is 62.4 Å². The number of para-hydroxylation sites is 1. The molecule has 0 saturated heterocycles. The number of hydrogen-bond donors (Lipinski definition) is 3. The van der Waals surface area contributed by atoms with Crippen LogP contribution in [0.25, 0.3) is 10.9 Å². The summed E-state index contributed by atoms with van der Waals surface area (Å²) in [7, 11) is 0. The molecule has 4 rings (SSSR count). The summed E-state index contributed by atoms with van der Waals surface area (Å²) in [6.07, 6.45) is -0.445. The molecular weight excluding hydrogens is 592 g/mol. The zero-order chi connectivity index (χ0) is 29.6. The number of aliphatic carboxylic acids is 1. The summed E-state index contributed by atoms with van der Waals surface area (Å²) < 4.78 is 0. The summed E-state index contributed by atoms with van der Waals surface area (Å²) >= 11 is 3.05. The van der Waals surface area contributed by atoms with Crippen LogP contribution in [0.5, 0.6) is 0 Å². The molecule has 1 aliphatic heterocycles. The average molecular weight is 624 g/mol. The number of carboxylic acid groups (broad SMARTS) is 1. The van der Waals surface area contributed by atoms with Crippen molar-refractivity contribution in [1.82, 2.24) is 15.6 Å². The fourth-order valence-electron chi connectivity index (χ4n) is 4.74. The molecule has 1 aromatic heterocycles. The van der Waals surface area contributed by atoms with Crippen molar-refractivity contribution in [3.05, 3.63) is 78.0 Å². The second-order valence-electron chi connectivity index (χ2n) is 10.3. The lowest BCUT2D eigenvalue weighted by molar-refractivity contribution is -0.147. The van der Waals surface area contributed by atoms with Gasteiger partial charge in [-0.3, -0.25) is 19.2 Å². The third kappa shape index (κ3) is 7.15. The van der Waals surface area contributed by atoms with Crippen molar-refractivity contribution in [2.24, 2.45) is 11.1 Å². The summed E-state index contributed by atoms with van der Waals surface area (Å²) in [6.45, 7) is 3.83. The Kier molecular flexibility index (Phi) is 9.49. The number of rotatable bonds is 12. The minimum Gasteiger partial charge on any atom is -0.481 e. The molecular formula is C30H31BrN4O6. The van der Waals surface area contributed by atoms with Gasteiger partial charge in [-0.25, -0.2) is 4.98 Å². The minimum absolute atomic E-state index is 0.0182. The molecule has 41 heavy (non-hydrogen) atoms. The second kappa shape index (κ2) is 13.0. The Morgan fingerprint density at radius 1 is 1.00 bits per heavy atom. The van der Waals surface area contributed by atoms with Crippen molar-refractivity contribution in [3.8, 4) is 0 Å². The van der Waals surface area contributed by atoms with Gasteiger partial charge in [0.2, 0.25) is 5.60 Å². The summed E-state index contributed by atoms with van der Waals surface area (Å²) in [5, 5.41) is 19.9. The van der Waals surface area contributed by atoms with Crippen molar-refractivity contribution >= 4 is 56.1 Å². The fourth-order valence-corrected chi connectivity index (χ4v) is 5.13. The topological polar surface area (TPSA) is 147 Å². The van der Waals surface area contributed by atoms with Gasteiger partial charge in [0, 0.05) is 18.2 Å². The Balaban J connectivity index is 1.58. The van der Waals surface area contributed by atoms with E-state index in [9.17, 15) is 24.3 Å². The summed E-state index contributed by atoms with van der Waals surface area (Å²) in [4.78, 5) is 61.1. The Bertz CT molecular complexity index is 1480. The number of oxime groups is 1. The number of carbonyl (C=O) groups excluding carboxylic acids is 3. The second-order valence-corrected chi connectivity index (χ2v) is 10.9. The van der Waals surface area contributed by atoms with Crippen LogP contribution in [0.3, 0.4) is 0 Å². The van der Waals surface area contributed by atoms with Crippen LogP contribution in [0, 0.1) is 5.92 Å². The first kappa shape index (κ1) is 29.9. The van der Waals surface area contributed by atoms with Crippen LogP contribution in [-0.2, 0) is 25.6 Å². The van der Waals surface area contributed by atoms with Gasteiger partial charge in [-0.15, -0.1) is 0 Å². The number of ketones is 1. The van der Waals surface area contributed by atoms with Gasteiger partial charge < -0.3 is 20.6 Å². The van der Waals surface area contributed by atoms with E-state index in [1.54, 1.807) is 6.07 Å². The third-order valence-electron chi connectivity index (χ3n) is 6.90. The van der Waals surface area contributed by atoms with Crippen LogP contribution in [0.4, 0.5) is 0 Å². The monoisotopic (exact) mass is 622 g/mol. The third-order valence-corrected chi connectivity index (χ3v) is 7.45. The van der Waals surface area contributed by atoms with E-state index in [2.05, 4.69) is 36.7 Å². The van der Waals surface area contributed by atoms with Gasteiger partial charge in [-0.1, -0.05) is 89.5 Å². The van der Waals surface area contributed by atoms with E-state index in [1.165, 1.54) is 0 Å². The molecule has 2 heterocycles. The van der Waals surface area contributed by atoms with Gasteiger partial charge in [0.25, 0.3) is 11.8 Å². The lowest BCUT2D eigenvalue weighted by atomic mass is 9.84. The molecule has 0 fully saturated rings. The first-order chi connectivity index (χ1) is 19.6. The maximum atomic E-state index is 13.7. The van der Waals surface area contributed by atoms with E-state index in [0.717, 1.165) is 10.9 Å². The molecule has 1 aliphatic rings. The first-order valence-corrected chi connectivity index (χ1v) is 14.3. The number of pyridine rings is 1. The molecule has 3 N–H and O–H groups in total. The SMILES string of the molecule is CC(C)C(NC(=O)c1ccc2ccccc2n1)C1=NOC(Cc2ccccc2)(C(=O)N[C@@H](CC(=O)O)C(=O)CBr)C1. The lowest BCUT2D eigenvalue weighted by Crippen LogP contribution is -2.55. The molecule has 2 aromatic carbocycles. The van der Waals surface area contributed by atoms with Crippen molar-refractivity contribution in [2.45, 2.75) is 50.8 Å². The number of Topliss-reactive ketones (excluding diaryl/α,β-unsaturated/α-hetero) is 1. The number of nitrogens with one attached hydrogen (secondary N) is 2. The highest BCUT2D eigenvalue weighted by atomic mass is 79.9. The first-order valence-electron chi connectivity index (χ1n) is 13.2. The summed E-state index contributed by atoms with van der Waals surface area (Å²) in [6, 6.07) is 18.3. The van der Waals surface area contributed by atoms with Gasteiger partial charge in [-0.2, -0.15) is 0 Å². The predicted octanol–water partition coefficient (Wildman–Crippen LogP) is 3.67. The van der Waals surface area contributed by atoms with Gasteiger partial charge in [0.1, 0.15) is 5.69 Å². The molecule has 3 aromatic rings. The number of aromatic nitrogens is 1. The quantitative estimate of drug-likeness (QED) is 0.261. The van der Waals surface area contributed by atoms with Crippen LogP contribution in [0.15, 0.2) is 71.9 Å². The van der Waals surface area contributed by atoms with Crippen molar-refractivity contribution in [2.75, 3.05) is 5.33 Å². The Hall–Kier alpha value is -4.12. The van der Waals surface area contributed by atoms with Crippen molar-refractivity contribution in [3.63, 3.8) is 0 Å². The number of benzene rings is 2. The molecule has 0 bridgehead atoms. The smallest absolute Gasteiger partial charge is 0.305 e. The largest absolute Gasteiger partial charge is 0.481 e. The standard InChI is InChI=1S/C30H31BrN4O6/c1-18(2)27(34-28(39)22-13-12-20-10-6-7-11-21(20)32-22)24-16-30(41-35-24,15-19-8-4-3-5-9-19)29(40)33-23(14-26(37)38)25(36)17-31/h3-13,18,23,27H,14-17H2,1-2H3,(H,33,40)(H,34,39)(H,37,38)/t23-,27?,30?/m0/s1. The molecule has 0 spiro atoms. The molecule has 2 amide bonds. The number of amides is 2. The van der Waals surface area contributed by atoms with Gasteiger partial charge >= 0.3 is 5.97 Å². The molecule has 0 saturated carbocycles. The minimum atomic E-state index is -1.56. The van der Waals surface area contributed by atoms with Gasteiger partial charge in [0.05, 0.1) is 35.1 Å². The Morgan fingerprint density at radius 2 is 1.71 bits per heavy atom. The van der Waals surface area contributed by atoms with Crippen molar-refractivity contribution in [1.29, 1.82) is 0 Å². The molecule has 10 nitrogen and oxygen atoms in total. The highest BCUT2D eigenvalue weighted by molar-refractivity contribution is 9.09. The van der Waals surface area contributed by atoms with E-state index < -0.39 is 47.7 Å². The highest BCUT2D eigenvalue weighted by Crippen LogP contribution is 2.31. The molecule has 214 valence electrons. The number of nitrogens with zero attached hydrogens (tertiary/aromatic N) is 2.